The number of amides is 4. The number of hydrogen-bond acceptors (Lipinski definition) is 6. The number of esters is 1. The van der Waals surface area contributed by atoms with Gasteiger partial charge in [0.05, 0.1) is 0 Å². The van der Waals surface area contributed by atoms with Gasteiger partial charge in [0, 0.05) is 18.3 Å². The molecule has 1 aromatic heterocycles. The van der Waals surface area contributed by atoms with Crippen molar-refractivity contribution in [2.24, 2.45) is 0 Å². The van der Waals surface area contributed by atoms with Gasteiger partial charge in [-0.3, -0.25) is 14.9 Å². The fraction of sp³-hybridized carbons (Fsp3) is 0.556. The van der Waals surface area contributed by atoms with Crippen LogP contribution in [-0.4, -0.2) is 42.5 Å². The lowest BCUT2D eigenvalue weighted by Gasteiger charge is -2.35. The molecule has 1 aromatic rings. The summed E-state index contributed by atoms with van der Waals surface area (Å²) in [5, 5.41) is 9.33. The molecule has 0 aromatic carbocycles. The first kappa shape index (κ1) is 20.9. The lowest BCUT2D eigenvalue weighted by molar-refractivity contribution is -0.158. The number of carbonyl (C=O) groups excluding carboxylic acids is 4. The number of urea groups is 1. The smallest absolute Gasteiger partial charge is 0.332 e. The van der Waals surface area contributed by atoms with Gasteiger partial charge in [-0.15, -0.1) is 11.3 Å². The normalized spacial score (nSPS) is 15.4. The van der Waals surface area contributed by atoms with Gasteiger partial charge in [-0.2, -0.15) is 0 Å². The molecule has 1 aliphatic carbocycles. The first-order valence-electron chi connectivity index (χ1n) is 8.97. The van der Waals surface area contributed by atoms with Gasteiger partial charge in [0.15, 0.2) is 6.61 Å². The van der Waals surface area contributed by atoms with Crippen LogP contribution >= 0.6 is 11.3 Å². The van der Waals surface area contributed by atoms with E-state index in [-0.39, 0.29) is 5.91 Å². The zero-order valence-electron chi connectivity index (χ0n) is 15.3. The summed E-state index contributed by atoms with van der Waals surface area (Å²) in [5.41, 5.74) is -1.08. The van der Waals surface area contributed by atoms with Crippen molar-refractivity contribution >= 4 is 35.2 Å². The molecule has 1 fully saturated rings. The predicted molar refractivity (Wildman–Crippen MR) is 100 cm³/mol. The number of imide groups is 1. The van der Waals surface area contributed by atoms with Crippen molar-refractivity contribution in [3.8, 4) is 0 Å². The summed E-state index contributed by atoms with van der Waals surface area (Å²) in [6.45, 7) is 1.17. The second kappa shape index (κ2) is 10.1. The van der Waals surface area contributed by atoms with E-state index in [0.717, 1.165) is 24.1 Å². The van der Waals surface area contributed by atoms with Crippen LogP contribution in [-0.2, 0) is 25.5 Å². The van der Waals surface area contributed by atoms with Gasteiger partial charge in [0.25, 0.3) is 5.91 Å². The quantitative estimate of drug-likeness (QED) is 0.606. The number of thiophene rings is 1. The summed E-state index contributed by atoms with van der Waals surface area (Å²) < 4.78 is 5.07. The third-order valence-electron chi connectivity index (χ3n) is 4.34. The van der Waals surface area contributed by atoms with E-state index in [1.54, 1.807) is 11.3 Å². The Morgan fingerprint density at radius 3 is 2.56 bits per heavy atom. The lowest BCUT2D eigenvalue weighted by Crippen LogP contribution is -2.56. The lowest BCUT2D eigenvalue weighted by atomic mass is 9.81. The van der Waals surface area contributed by atoms with E-state index in [1.165, 1.54) is 6.92 Å². The Hall–Kier alpha value is -2.42. The molecule has 1 saturated carbocycles. The van der Waals surface area contributed by atoms with Crippen molar-refractivity contribution in [3.05, 3.63) is 22.4 Å². The summed E-state index contributed by atoms with van der Waals surface area (Å²) in [5.74, 6) is -1.67. The molecule has 0 atom stereocenters. The standard InChI is InChI=1S/C18H25N3O5S/c1-13(22)21-18(8-3-2-4-9-18)16(24)26-12-15(23)20-17(25)19-10-7-14-6-5-11-27-14/h5-6,11H,2-4,7-10,12H2,1H3,(H,21,22)(H2,19,20,23,25). The molecule has 4 amide bonds. The Balaban J connectivity index is 1.73. The molecule has 2 rings (SSSR count). The Morgan fingerprint density at radius 2 is 1.93 bits per heavy atom. The monoisotopic (exact) mass is 395 g/mol. The van der Waals surface area contributed by atoms with Crippen LogP contribution in [0.15, 0.2) is 17.5 Å². The maximum Gasteiger partial charge on any atom is 0.332 e. The van der Waals surface area contributed by atoms with Gasteiger partial charge in [-0.1, -0.05) is 25.3 Å². The maximum atomic E-state index is 12.4. The Labute approximate surface area is 162 Å². The van der Waals surface area contributed by atoms with Crippen LogP contribution in [0.25, 0.3) is 0 Å². The fourth-order valence-corrected chi connectivity index (χ4v) is 3.81. The van der Waals surface area contributed by atoms with Crippen LogP contribution in [0.2, 0.25) is 0 Å². The minimum atomic E-state index is -1.08. The first-order valence-corrected chi connectivity index (χ1v) is 9.85. The van der Waals surface area contributed by atoms with Crippen LogP contribution in [0.1, 0.15) is 43.9 Å². The number of hydrogen-bond donors (Lipinski definition) is 3. The van der Waals surface area contributed by atoms with E-state index in [0.29, 0.717) is 25.8 Å². The highest BCUT2D eigenvalue weighted by Crippen LogP contribution is 2.29. The molecule has 1 heterocycles. The molecular formula is C18H25N3O5S. The van der Waals surface area contributed by atoms with E-state index in [1.807, 2.05) is 17.5 Å². The zero-order chi connectivity index (χ0) is 19.7. The molecule has 3 N–H and O–H groups in total. The SMILES string of the molecule is CC(=O)NC1(C(=O)OCC(=O)NC(=O)NCCc2cccs2)CCCCC1. The van der Waals surface area contributed by atoms with Gasteiger partial charge >= 0.3 is 12.0 Å². The van der Waals surface area contributed by atoms with Crippen LogP contribution in [0.4, 0.5) is 4.79 Å². The second-order valence-corrected chi connectivity index (χ2v) is 7.57. The average molecular weight is 395 g/mol. The van der Waals surface area contributed by atoms with E-state index in [2.05, 4.69) is 16.0 Å². The van der Waals surface area contributed by atoms with Crippen LogP contribution in [0.3, 0.4) is 0 Å². The van der Waals surface area contributed by atoms with Crippen molar-refractivity contribution in [1.29, 1.82) is 0 Å². The minimum absolute atomic E-state index is 0.316. The minimum Gasteiger partial charge on any atom is -0.454 e. The molecule has 0 spiro atoms. The summed E-state index contributed by atoms with van der Waals surface area (Å²) in [6.07, 6.45) is 4.23. The van der Waals surface area contributed by atoms with E-state index < -0.39 is 30.1 Å². The molecular weight excluding hydrogens is 370 g/mol. The van der Waals surface area contributed by atoms with Crippen LogP contribution < -0.4 is 16.0 Å². The molecule has 148 valence electrons. The molecule has 0 radical (unpaired) electrons. The zero-order valence-corrected chi connectivity index (χ0v) is 16.2. The average Bonchev–Trinajstić information content (AvgIpc) is 3.13. The van der Waals surface area contributed by atoms with Gasteiger partial charge in [0.1, 0.15) is 5.54 Å². The predicted octanol–water partition coefficient (Wildman–Crippen LogP) is 1.50. The molecule has 0 saturated heterocycles. The van der Waals surface area contributed by atoms with Gasteiger partial charge in [-0.25, -0.2) is 9.59 Å². The van der Waals surface area contributed by atoms with Crippen molar-refractivity contribution < 1.29 is 23.9 Å². The molecule has 9 heteroatoms. The maximum absolute atomic E-state index is 12.4. The third kappa shape index (κ3) is 6.67. The number of nitrogens with one attached hydrogen (secondary N) is 3. The fourth-order valence-electron chi connectivity index (χ4n) is 3.10. The second-order valence-electron chi connectivity index (χ2n) is 6.53. The van der Waals surface area contributed by atoms with E-state index in [9.17, 15) is 19.2 Å². The van der Waals surface area contributed by atoms with Gasteiger partial charge in [-0.05, 0) is 30.7 Å². The molecule has 0 aliphatic heterocycles. The summed E-state index contributed by atoms with van der Waals surface area (Å²) >= 11 is 1.59. The number of carbonyl (C=O) groups is 4. The highest BCUT2D eigenvalue weighted by Gasteiger charge is 2.42. The van der Waals surface area contributed by atoms with Gasteiger partial charge < -0.3 is 15.4 Å². The van der Waals surface area contributed by atoms with Crippen molar-refractivity contribution in [2.45, 2.75) is 51.0 Å². The molecule has 1 aliphatic rings. The molecule has 0 unspecified atom stereocenters. The largest absolute Gasteiger partial charge is 0.454 e. The third-order valence-corrected chi connectivity index (χ3v) is 5.27. The first-order chi connectivity index (χ1) is 12.9. The Morgan fingerprint density at radius 1 is 1.19 bits per heavy atom. The summed E-state index contributed by atoms with van der Waals surface area (Å²) in [4.78, 5) is 48.5. The van der Waals surface area contributed by atoms with Crippen molar-refractivity contribution in [3.63, 3.8) is 0 Å². The van der Waals surface area contributed by atoms with Crippen LogP contribution in [0, 0.1) is 0 Å². The number of rotatable bonds is 7. The summed E-state index contributed by atoms with van der Waals surface area (Å²) in [6, 6.07) is 3.25. The topological polar surface area (TPSA) is 114 Å². The summed E-state index contributed by atoms with van der Waals surface area (Å²) in [7, 11) is 0. The molecule has 27 heavy (non-hydrogen) atoms. The van der Waals surface area contributed by atoms with Crippen molar-refractivity contribution in [2.75, 3.05) is 13.2 Å². The van der Waals surface area contributed by atoms with E-state index in [4.69, 9.17) is 4.74 Å². The van der Waals surface area contributed by atoms with Crippen LogP contribution in [0.5, 0.6) is 0 Å². The highest BCUT2D eigenvalue weighted by atomic mass is 32.1. The molecule has 0 bridgehead atoms. The van der Waals surface area contributed by atoms with Gasteiger partial charge in [0.2, 0.25) is 5.91 Å². The number of ether oxygens (including phenoxy) is 1. The Kier molecular flexibility index (Phi) is 7.78. The highest BCUT2D eigenvalue weighted by molar-refractivity contribution is 7.09. The van der Waals surface area contributed by atoms with Crippen molar-refractivity contribution in [1.82, 2.24) is 16.0 Å². The van der Waals surface area contributed by atoms with E-state index >= 15 is 0 Å². The Bertz CT molecular complexity index is 669. The molecule has 8 nitrogen and oxygen atoms in total.